The summed E-state index contributed by atoms with van der Waals surface area (Å²) in [7, 11) is 0. The zero-order chi connectivity index (χ0) is 62.4. The van der Waals surface area contributed by atoms with Gasteiger partial charge in [0.15, 0.2) is 0 Å². The van der Waals surface area contributed by atoms with E-state index in [1.807, 2.05) is 0 Å². The van der Waals surface area contributed by atoms with E-state index >= 15 is 0 Å². The maximum atomic E-state index is 10.2. The zero-order valence-electron chi connectivity index (χ0n) is 57.8. The number of hydrogen-bond acceptors (Lipinski definition) is 8. The van der Waals surface area contributed by atoms with Gasteiger partial charge in [-0.1, -0.05) is 413 Å². The molecule has 0 aromatic heterocycles. The molecule has 85 heavy (non-hydrogen) atoms. The largest absolute Gasteiger partial charge is 4.00 e. The summed E-state index contributed by atoms with van der Waals surface area (Å²) in [6.45, 7) is 9.09. The van der Waals surface area contributed by atoms with E-state index in [1.54, 1.807) is 0 Å². The minimum absolute atomic E-state index is 0. The molecular weight excluding hydrogens is 1130 g/mol. The Morgan fingerprint density at radius 3 is 0.294 bits per heavy atom. The molecule has 0 radical (unpaired) electrons. The van der Waals surface area contributed by atoms with Crippen LogP contribution >= 0.6 is 0 Å². The molecular formula is C76H148O8Zr. The third-order valence-electron chi connectivity index (χ3n) is 16.9. The van der Waals surface area contributed by atoms with Gasteiger partial charge in [0.25, 0.3) is 0 Å². The van der Waals surface area contributed by atoms with E-state index in [2.05, 4.69) is 27.7 Å². The molecule has 0 saturated heterocycles. The van der Waals surface area contributed by atoms with Crippen molar-refractivity contribution in [2.45, 2.75) is 464 Å². The molecule has 0 aliphatic carbocycles. The molecule has 504 valence electrons. The number of carbonyl (C=O) groups is 4. The van der Waals surface area contributed by atoms with Gasteiger partial charge in [0, 0.05) is 23.9 Å². The van der Waals surface area contributed by atoms with Crippen LogP contribution < -0.4 is 20.4 Å². The van der Waals surface area contributed by atoms with Crippen molar-refractivity contribution in [3.63, 3.8) is 0 Å². The monoisotopic (exact) mass is 1280 g/mol. The van der Waals surface area contributed by atoms with Gasteiger partial charge in [0.2, 0.25) is 0 Å². The third-order valence-corrected chi connectivity index (χ3v) is 16.9. The molecule has 0 bridgehead atoms. The van der Waals surface area contributed by atoms with Gasteiger partial charge in [-0.05, 0) is 51.4 Å². The van der Waals surface area contributed by atoms with Gasteiger partial charge in [-0.3, -0.25) is 0 Å². The van der Waals surface area contributed by atoms with Crippen molar-refractivity contribution in [1.29, 1.82) is 0 Å². The molecule has 0 aromatic rings. The molecule has 8 nitrogen and oxygen atoms in total. The first kappa shape index (κ1) is 92.5. The van der Waals surface area contributed by atoms with Gasteiger partial charge in [0.1, 0.15) is 0 Å². The third kappa shape index (κ3) is 108. The quantitative estimate of drug-likeness (QED) is 0.0544. The van der Waals surface area contributed by atoms with Crippen LogP contribution in [0.1, 0.15) is 464 Å². The van der Waals surface area contributed by atoms with Crippen molar-refractivity contribution in [3.8, 4) is 0 Å². The summed E-state index contributed by atoms with van der Waals surface area (Å²) in [5, 5.41) is 40.9. The summed E-state index contributed by atoms with van der Waals surface area (Å²) >= 11 is 0. The van der Waals surface area contributed by atoms with Crippen LogP contribution in [0.3, 0.4) is 0 Å². The van der Waals surface area contributed by atoms with E-state index in [0.29, 0.717) is 0 Å². The second-order valence-electron chi connectivity index (χ2n) is 25.7. The van der Waals surface area contributed by atoms with Crippen molar-refractivity contribution in [2.24, 2.45) is 0 Å². The van der Waals surface area contributed by atoms with Crippen LogP contribution in [0.4, 0.5) is 0 Å². The summed E-state index contributed by atoms with van der Waals surface area (Å²) in [6.07, 6.45) is 85.3. The van der Waals surface area contributed by atoms with Gasteiger partial charge in [0.05, 0.1) is 0 Å². The normalized spacial score (nSPS) is 10.8. The Kier molecular flexibility index (Phi) is 97.0. The van der Waals surface area contributed by atoms with Crippen molar-refractivity contribution in [1.82, 2.24) is 0 Å². The molecule has 0 N–H and O–H groups in total. The summed E-state index contributed by atoms with van der Waals surface area (Å²) in [6, 6.07) is 0. The average Bonchev–Trinajstić information content (AvgIpc) is 3.47. The van der Waals surface area contributed by atoms with Gasteiger partial charge in [-0.25, -0.2) is 0 Å². The molecule has 0 unspecified atom stereocenters. The number of hydrogen-bond donors (Lipinski definition) is 0. The maximum Gasteiger partial charge on any atom is 4.00 e. The summed E-state index contributed by atoms with van der Waals surface area (Å²) in [4.78, 5) is 40.9. The number of aliphatic carboxylic acids is 4. The molecule has 0 aliphatic rings. The first-order chi connectivity index (χ1) is 41.1. The Bertz CT molecular complexity index is 1050. The second kappa shape index (κ2) is 89.2. The van der Waals surface area contributed by atoms with Crippen LogP contribution in [-0.2, 0) is 45.4 Å². The van der Waals surface area contributed by atoms with Gasteiger partial charge in [-0.15, -0.1) is 0 Å². The topological polar surface area (TPSA) is 161 Å². The van der Waals surface area contributed by atoms with Crippen molar-refractivity contribution in [2.75, 3.05) is 0 Å². The second-order valence-corrected chi connectivity index (χ2v) is 25.7. The van der Waals surface area contributed by atoms with Crippen LogP contribution in [0.5, 0.6) is 0 Å². The molecule has 0 aliphatic heterocycles. The molecule has 0 heterocycles. The van der Waals surface area contributed by atoms with E-state index in [1.165, 1.54) is 360 Å². The van der Waals surface area contributed by atoms with E-state index < -0.39 is 23.9 Å². The number of carboxylic acid groups (broad SMARTS) is 4. The molecule has 0 aromatic carbocycles. The minimum Gasteiger partial charge on any atom is -0.550 e. The standard InChI is InChI=1S/4C19H38O2.Zr/c4*1-2-3-4-5-6-7-8-9-10-11-12-13-14-15-16-17-18-19(20)21;/h4*2-18H2,1H3,(H,20,21);/q;;;;+4/p-4. The average molecular weight is 1280 g/mol. The zero-order valence-corrected chi connectivity index (χ0v) is 60.3. The SMILES string of the molecule is CCCCCCCCCCCCCCCCCCC(=O)[O-].CCCCCCCCCCCCCCCCCCC(=O)[O-].CCCCCCCCCCCCCCCCCCC(=O)[O-].CCCCCCCCCCCCCCCCCCC(=O)[O-].[Zr+4]. The van der Waals surface area contributed by atoms with Crippen LogP contribution in [0.25, 0.3) is 0 Å². The Morgan fingerprint density at radius 1 is 0.153 bits per heavy atom. The molecule has 0 rings (SSSR count). The van der Waals surface area contributed by atoms with Crippen LogP contribution in [0.15, 0.2) is 0 Å². The summed E-state index contributed by atoms with van der Waals surface area (Å²) in [5.41, 5.74) is 0. The number of rotatable bonds is 68. The van der Waals surface area contributed by atoms with Crippen LogP contribution in [-0.4, -0.2) is 23.9 Å². The first-order valence-corrected chi connectivity index (χ1v) is 37.9. The van der Waals surface area contributed by atoms with Gasteiger partial charge >= 0.3 is 26.2 Å². The van der Waals surface area contributed by atoms with Crippen molar-refractivity contribution >= 4 is 23.9 Å². The fraction of sp³-hybridized carbons (Fsp3) is 0.947. The van der Waals surface area contributed by atoms with Crippen molar-refractivity contribution in [3.05, 3.63) is 0 Å². The first-order valence-electron chi connectivity index (χ1n) is 37.9. The van der Waals surface area contributed by atoms with E-state index in [9.17, 15) is 39.6 Å². The van der Waals surface area contributed by atoms with Gasteiger partial charge in [-0.2, -0.15) is 0 Å². The summed E-state index contributed by atoms with van der Waals surface area (Å²) < 4.78 is 0. The van der Waals surface area contributed by atoms with E-state index in [4.69, 9.17) is 0 Å². The predicted octanol–water partition coefficient (Wildman–Crippen LogP) is 21.5. The van der Waals surface area contributed by atoms with E-state index in [-0.39, 0.29) is 51.9 Å². The Labute approximate surface area is 550 Å². The fourth-order valence-electron chi connectivity index (χ4n) is 11.3. The molecule has 0 spiro atoms. The van der Waals surface area contributed by atoms with Gasteiger partial charge < -0.3 is 39.6 Å². The smallest absolute Gasteiger partial charge is 0.550 e. The Hall–Kier alpha value is -1.24. The van der Waals surface area contributed by atoms with Crippen molar-refractivity contribution < 1.29 is 65.8 Å². The van der Waals surface area contributed by atoms with E-state index in [0.717, 1.165) is 51.4 Å². The Balaban J connectivity index is -0.000000333. The molecule has 0 atom stereocenters. The predicted molar refractivity (Wildman–Crippen MR) is 357 cm³/mol. The molecule has 9 heteroatoms. The molecule has 0 saturated carbocycles. The molecule has 0 fully saturated rings. The minimum atomic E-state index is -0.902. The number of unbranched alkanes of at least 4 members (excludes halogenated alkanes) is 60. The van der Waals surface area contributed by atoms with Crippen LogP contribution in [0.2, 0.25) is 0 Å². The molecule has 0 amide bonds. The number of carbonyl (C=O) groups excluding carboxylic acids is 4. The fourth-order valence-corrected chi connectivity index (χ4v) is 11.3. The summed E-state index contributed by atoms with van der Waals surface area (Å²) in [5.74, 6) is -3.61. The van der Waals surface area contributed by atoms with Crippen LogP contribution in [0, 0.1) is 0 Å². The maximum absolute atomic E-state index is 10.2. The Morgan fingerprint density at radius 2 is 0.224 bits per heavy atom. The number of carboxylic acids is 4.